The Balaban J connectivity index is 1.77. The molecule has 0 saturated carbocycles. The Morgan fingerprint density at radius 3 is 2.52 bits per heavy atom. The monoisotopic (exact) mass is 361 g/mol. The Labute approximate surface area is 154 Å². The van der Waals surface area contributed by atoms with Gasteiger partial charge in [0.1, 0.15) is 12.4 Å². The molecule has 0 fully saturated rings. The number of nitrogens with one attached hydrogen (secondary N) is 1. The maximum Gasteiger partial charge on any atom is 0.251 e. The number of ether oxygens (including phenoxy) is 2. The van der Waals surface area contributed by atoms with Crippen molar-refractivity contribution in [3.05, 3.63) is 64.7 Å². The molecule has 1 N–H and O–H groups in total. The number of rotatable bonds is 9. The predicted octanol–water partition coefficient (Wildman–Crippen LogP) is 4.46. The molecule has 0 unspecified atom stereocenters. The van der Waals surface area contributed by atoms with Gasteiger partial charge in [0.25, 0.3) is 5.91 Å². The van der Waals surface area contributed by atoms with Crippen LogP contribution in [0.2, 0.25) is 5.02 Å². The first-order chi connectivity index (χ1) is 12.1. The Morgan fingerprint density at radius 2 is 1.84 bits per heavy atom. The zero-order valence-corrected chi connectivity index (χ0v) is 15.4. The smallest absolute Gasteiger partial charge is 0.251 e. The highest BCUT2D eigenvalue weighted by atomic mass is 35.5. The minimum absolute atomic E-state index is 0.0952. The SMILES string of the molecule is CC(C)OCCCNC(=O)c1ccc(OCc2ccccc2Cl)cc1. The van der Waals surface area contributed by atoms with Gasteiger partial charge in [0.2, 0.25) is 0 Å². The fourth-order valence-corrected chi connectivity index (χ4v) is 2.36. The molecule has 4 nitrogen and oxygen atoms in total. The second-order valence-corrected chi connectivity index (χ2v) is 6.34. The third kappa shape index (κ3) is 6.77. The minimum atomic E-state index is -0.0952. The van der Waals surface area contributed by atoms with E-state index in [1.807, 2.05) is 38.1 Å². The van der Waals surface area contributed by atoms with Gasteiger partial charge in [0.15, 0.2) is 0 Å². The molecular weight excluding hydrogens is 338 g/mol. The standard InChI is InChI=1S/C20H24ClNO3/c1-15(2)24-13-5-12-22-20(23)16-8-10-18(11-9-16)25-14-17-6-3-4-7-19(17)21/h3-4,6-11,15H,5,12-14H2,1-2H3,(H,22,23). The summed E-state index contributed by atoms with van der Waals surface area (Å²) in [5, 5.41) is 3.56. The van der Waals surface area contributed by atoms with E-state index in [1.54, 1.807) is 24.3 Å². The van der Waals surface area contributed by atoms with E-state index in [0.29, 0.717) is 36.1 Å². The molecule has 0 radical (unpaired) electrons. The van der Waals surface area contributed by atoms with E-state index in [0.717, 1.165) is 12.0 Å². The van der Waals surface area contributed by atoms with Gasteiger partial charge < -0.3 is 14.8 Å². The highest BCUT2D eigenvalue weighted by Crippen LogP contribution is 2.19. The van der Waals surface area contributed by atoms with Crippen molar-refractivity contribution in [2.45, 2.75) is 33.0 Å². The molecule has 0 heterocycles. The van der Waals surface area contributed by atoms with Crippen molar-refractivity contribution in [3.8, 4) is 5.75 Å². The lowest BCUT2D eigenvalue weighted by Gasteiger charge is -2.10. The lowest BCUT2D eigenvalue weighted by molar-refractivity contribution is 0.0757. The number of benzene rings is 2. The van der Waals surface area contributed by atoms with Gasteiger partial charge in [-0.15, -0.1) is 0 Å². The topological polar surface area (TPSA) is 47.6 Å². The number of hydrogen-bond donors (Lipinski definition) is 1. The molecule has 0 aliphatic carbocycles. The van der Waals surface area contributed by atoms with E-state index < -0.39 is 0 Å². The highest BCUT2D eigenvalue weighted by molar-refractivity contribution is 6.31. The van der Waals surface area contributed by atoms with Crippen molar-refractivity contribution in [1.82, 2.24) is 5.32 Å². The Hall–Kier alpha value is -2.04. The third-order valence-corrected chi connectivity index (χ3v) is 3.90. The molecule has 0 spiro atoms. The van der Waals surface area contributed by atoms with Gasteiger partial charge in [-0.2, -0.15) is 0 Å². The van der Waals surface area contributed by atoms with Crippen LogP contribution in [0, 0.1) is 0 Å². The third-order valence-electron chi connectivity index (χ3n) is 3.53. The van der Waals surface area contributed by atoms with E-state index in [1.165, 1.54) is 0 Å². The quantitative estimate of drug-likeness (QED) is 0.670. The molecule has 25 heavy (non-hydrogen) atoms. The molecule has 0 aliphatic rings. The summed E-state index contributed by atoms with van der Waals surface area (Å²) in [4.78, 5) is 12.1. The van der Waals surface area contributed by atoms with Crippen molar-refractivity contribution in [1.29, 1.82) is 0 Å². The van der Waals surface area contributed by atoms with Gasteiger partial charge in [0.05, 0.1) is 6.10 Å². The summed E-state index contributed by atoms with van der Waals surface area (Å²) in [6, 6.07) is 14.6. The van der Waals surface area contributed by atoms with Crippen molar-refractivity contribution in [3.63, 3.8) is 0 Å². The van der Waals surface area contributed by atoms with Crippen molar-refractivity contribution < 1.29 is 14.3 Å². The molecule has 2 rings (SSSR count). The average Bonchev–Trinajstić information content (AvgIpc) is 2.61. The second kappa shape index (κ2) is 10.1. The van der Waals surface area contributed by atoms with E-state index >= 15 is 0 Å². The minimum Gasteiger partial charge on any atom is -0.489 e. The van der Waals surface area contributed by atoms with Crippen molar-refractivity contribution in [2.24, 2.45) is 0 Å². The molecule has 0 aromatic heterocycles. The van der Waals surface area contributed by atoms with Crippen molar-refractivity contribution >= 4 is 17.5 Å². The summed E-state index contributed by atoms with van der Waals surface area (Å²) in [6.45, 7) is 5.62. The van der Waals surface area contributed by atoms with E-state index in [9.17, 15) is 4.79 Å². The van der Waals surface area contributed by atoms with Crippen LogP contribution in [0.5, 0.6) is 5.75 Å². The van der Waals surface area contributed by atoms with Gasteiger partial charge in [-0.3, -0.25) is 4.79 Å². The average molecular weight is 362 g/mol. The van der Waals surface area contributed by atoms with Gasteiger partial charge in [-0.25, -0.2) is 0 Å². The summed E-state index contributed by atoms with van der Waals surface area (Å²) in [5.41, 5.74) is 1.53. The zero-order chi connectivity index (χ0) is 18.1. The fourth-order valence-electron chi connectivity index (χ4n) is 2.17. The number of amides is 1. The summed E-state index contributed by atoms with van der Waals surface area (Å²) in [5.74, 6) is 0.601. The Kier molecular flexibility index (Phi) is 7.76. The molecule has 0 bridgehead atoms. The molecule has 1 amide bonds. The molecule has 0 atom stereocenters. The summed E-state index contributed by atoms with van der Waals surface area (Å²) in [7, 11) is 0. The second-order valence-electron chi connectivity index (χ2n) is 5.93. The van der Waals surface area contributed by atoms with Gasteiger partial charge >= 0.3 is 0 Å². The van der Waals surface area contributed by atoms with E-state index in [4.69, 9.17) is 21.1 Å². The van der Waals surface area contributed by atoms with Gasteiger partial charge in [0, 0.05) is 29.3 Å². The zero-order valence-electron chi connectivity index (χ0n) is 14.6. The number of carbonyl (C=O) groups is 1. The lowest BCUT2D eigenvalue weighted by atomic mass is 10.2. The number of hydrogen-bond acceptors (Lipinski definition) is 3. The van der Waals surface area contributed by atoms with Crippen LogP contribution in [0.1, 0.15) is 36.2 Å². The first kappa shape index (κ1) is 19.3. The van der Waals surface area contributed by atoms with Crippen LogP contribution < -0.4 is 10.1 Å². The lowest BCUT2D eigenvalue weighted by Crippen LogP contribution is -2.25. The Morgan fingerprint density at radius 1 is 1.12 bits per heavy atom. The summed E-state index contributed by atoms with van der Waals surface area (Å²) in [6.07, 6.45) is 1.01. The van der Waals surface area contributed by atoms with Crippen LogP contribution in [-0.4, -0.2) is 25.2 Å². The van der Waals surface area contributed by atoms with Crippen LogP contribution >= 0.6 is 11.6 Å². The Bertz CT molecular complexity index is 671. The van der Waals surface area contributed by atoms with Crippen LogP contribution in [0.3, 0.4) is 0 Å². The van der Waals surface area contributed by atoms with E-state index in [-0.39, 0.29) is 12.0 Å². The molecular formula is C20H24ClNO3. The molecule has 5 heteroatoms. The molecule has 2 aromatic carbocycles. The van der Waals surface area contributed by atoms with Crippen molar-refractivity contribution in [2.75, 3.05) is 13.2 Å². The number of carbonyl (C=O) groups excluding carboxylic acids is 1. The normalized spacial score (nSPS) is 10.7. The van der Waals surface area contributed by atoms with Crippen LogP contribution in [0.15, 0.2) is 48.5 Å². The van der Waals surface area contributed by atoms with Crippen LogP contribution in [0.25, 0.3) is 0 Å². The summed E-state index contributed by atoms with van der Waals surface area (Å²) < 4.78 is 11.2. The number of halogens is 1. The molecule has 2 aromatic rings. The molecule has 0 aliphatic heterocycles. The largest absolute Gasteiger partial charge is 0.489 e. The maximum absolute atomic E-state index is 12.1. The van der Waals surface area contributed by atoms with E-state index in [2.05, 4.69) is 5.32 Å². The van der Waals surface area contributed by atoms with Crippen LogP contribution in [-0.2, 0) is 11.3 Å². The first-order valence-corrected chi connectivity index (χ1v) is 8.80. The highest BCUT2D eigenvalue weighted by Gasteiger charge is 2.06. The summed E-state index contributed by atoms with van der Waals surface area (Å²) >= 11 is 6.10. The van der Waals surface area contributed by atoms with Gasteiger partial charge in [-0.1, -0.05) is 29.8 Å². The molecule has 134 valence electrons. The predicted molar refractivity (Wildman–Crippen MR) is 100 cm³/mol. The fraction of sp³-hybridized carbons (Fsp3) is 0.350. The van der Waals surface area contributed by atoms with Crippen LogP contribution in [0.4, 0.5) is 0 Å². The maximum atomic E-state index is 12.1. The first-order valence-electron chi connectivity index (χ1n) is 8.42. The molecule has 0 saturated heterocycles. The van der Waals surface area contributed by atoms with Gasteiger partial charge in [-0.05, 0) is 50.6 Å².